The van der Waals surface area contributed by atoms with Crippen LogP contribution in [0.15, 0.2) is 24.3 Å². The van der Waals surface area contributed by atoms with Crippen LogP contribution in [0.3, 0.4) is 0 Å². The van der Waals surface area contributed by atoms with Crippen LogP contribution in [0.2, 0.25) is 0 Å². The summed E-state index contributed by atoms with van der Waals surface area (Å²) >= 11 is 1.74. The van der Waals surface area contributed by atoms with Gasteiger partial charge in [-0.2, -0.15) is 0 Å². The van der Waals surface area contributed by atoms with E-state index >= 15 is 0 Å². The molecule has 2 heterocycles. The Bertz CT molecular complexity index is 587. The summed E-state index contributed by atoms with van der Waals surface area (Å²) in [6.07, 6.45) is 1.85. The molecule has 3 rings (SSSR count). The van der Waals surface area contributed by atoms with E-state index in [9.17, 15) is 4.79 Å². The van der Waals surface area contributed by atoms with Gasteiger partial charge in [-0.3, -0.25) is 4.90 Å². The second kappa shape index (κ2) is 6.51. The number of piperidine rings is 1. The Morgan fingerprint density at radius 3 is 2.86 bits per heavy atom. The third-order valence-corrected chi connectivity index (χ3v) is 4.70. The molecule has 1 N–H and O–H groups in total. The highest BCUT2D eigenvalue weighted by molar-refractivity contribution is 7.18. The Morgan fingerprint density at radius 1 is 1.38 bits per heavy atom. The molecule has 0 amide bonds. The molecule has 1 saturated heterocycles. The number of carboxylic acid groups (broad SMARTS) is 1. The highest BCUT2D eigenvalue weighted by Gasteiger charge is 2.21. The number of hydrogen-bond acceptors (Lipinski definition) is 5. The van der Waals surface area contributed by atoms with Crippen LogP contribution in [0.4, 0.5) is 0 Å². The number of fused-ring (bicyclic) bond motifs is 1. The lowest BCUT2D eigenvalue weighted by Gasteiger charge is -2.30. The molecular formula is C15H18N2O3S. The van der Waals surface area contributed by atoms with Crippen LogP contribution in [0.1, 0.15) is 17.8 Å². The summed E-state index contributed by atoms with van der Waals surface area (Å²) in [5.41, 5.74) is 1.07. The number of thiazole rings is 1. The number of hydrogen-bond donors (Lipinski definition) is 1. The number of carbonyl (C=O) groups is 1. The molecule has 0 saturated carbocycles. The number of aromatic nitrogens is 1. The number of likely N-dealkylation sites (tertiary alicyclic amines) is 1. The van der Waals surface area contributed by atoms with Gasteiger partial charge in [-0.15, -0.1) is 11.3 Å². The Morgan fingerprint density at radius 2 is 2.14 bits per heavy atom. The van der Waals surface area contributed by atoms with Gasteiger partial charge in [0.15, 0.2) is 0 Å². The van der Waals surface area contributed by atoms with Gasteiger partial charge in [0.25, 0.3) is 0 Å². The van der Waals surface area contributed by atoms with Crippen molar-refractivity contribution in [1.82, 2.24) is 9.88 Å². The second-order valence-corrected chi connectivity index (χ2v) is 6.37. The maximum absolute atomic E-state index is 10.5. The zero-order valence-electron chi connectivity index (χ0n) is 11.7. The molecule has 0 radical (unpaired) electrons. The van der Waals surface area contributed by atoms with Crippen molar-refractivity contribution < 1.29 is 14.6 Å². The van der Waals surface area contributed by atoms with Crippen molar-refractivity contribution in [2.75, 3.05) is 19.7 Å². The molecule has 1 aromatic carbocycles. The molecule has 1 aromatic heterocycles. The Hall–Kier alpha value is -1.50. The molecule has 0 bridgehead atoms. The van der Waals surface area contributed by atoms with Crippen LogP contribution < -0.4 is 0 Å². The van der Waals surface area contributed by atoms with Crippen LogP contribution in [0, 0.1) is 0 Å². The van der Waals surface area contributed by atoms with Gasteiger partial charge < -0.3 is 9.84 Å². The highest BCUT2D eigenvalue weighted by atomic mass is 32.1. The molecule has 2 aromatic rings. The van der Waals surface area contributed by atoms with Gasteiger partial charge in [0.05, 0.1) is 22.9 Å². The fraction of sp³-hybridized carbons (Fsp3) is 0.467. The molecule has 0 atom stereocenters. The molecule has 5 nitrogen and oxygen atoms in total. The molecule has 0 spiro atoms. The first-order valence-electron chi connectivity index (χ1n) is 7.11. The summed E-state index contributed by atoms with van der Waals surface area (Å²) in [5, 5.41) is 9.76. The molecule has 1 aliphatic heterocycles. The number of aliphatic carboxylic acids is 1. The normalized spacial score (nSPS) is 17.3. The lowest BCUT2D eigenvalue weighted by Crippen LogP contribution is -2.37. The van der Waals surface area contributed by atoms with E-state index in [-0.39, 0.29) is 12.7 Å². The molecule has 0 aliphatic carbocycles. The molecule has 21 heavy (non-hydrogen) atoms. The van der Waals surface area contributed by atoms with E-state index in [1.54, 1.807) is 11.3 Å². The van der Waals surface area contributed by atoms with Crippen LogP contribution in [0.5, 0.6) is 0 Å². The molecular weight excluding hydrogens is 288 g/mol. The van der Waals surface area contributed by atoms with E-state index < -0.39 is 5.97 Å². The summed E-state index contributed by atoms with van der Waals surface area (Å²) in [4.78, 5) is 17.5. The molecule has 1 fully saturated rings. The van der Waals surface area contributed by atoms with Gasteiger partial charge in [0.1, 0.15) is 11.6 Å². The van der Waals surface area contributed by atoms with Crippen molar-refractivity contribution in [2.45, 2.75) is 25.5 Å². The number of ether oxygens (including phenoxy) is 1. The van der Waals surface area contributed by atoms with Crippen molar-refractivity contribution in [2.24, 2.45) is 0 Å². The summed E-state index contributed by atoms with van der Waals surface area (Å²) in [7, 11) is 0. The predicted octanol–water partition coefficient (Wildman–Crippen LogP) is 2.36. The van der Waals surface area contributed by atoms with E-state index in [4.69, 9.17) is 9.84 Å². The molecule has 112 valence electrons. The topological polar surface area (TPSA) is 62.7 Å². The SMILES string of the molecule is O=C(O)COC1CCN(Cc2nc3ccccc3s2)CC1. The minimum absolute atomic E-state index is 0.0766. The number of benzene rings is 1. The minimum atomic E-state index is -0.896. The fourth-order valence-corrected chi connectivity index (χ4v) is 3.61. The van der Waals surface area contributed by atoms with Gasteiger partial charge in [0.2, 0.25) is 0 Å². The van der Waals surface area contributed by atoms with Gasteiger partial charge in [0, 0.05) is 13.1 Å². The van der Waals surface area contributed by atoms with E-state index in [0.717, 1.165) is 43.0 Å². The third kappa shape index (κ3) is 3.78. The van der Waals surface area contributed by atoms with Crippen molar-refractivity contribution in [1.29, 1.82) is 0 Å². The van der Waals surface area contributed by atoms with Gasteiger partial charge in [-0.25, -0.2) is 9.78 Å². The van der Waals surface area contributed by atoms with Crippen LogP contribution in [-0.4, -0.2) is 46.8 Å². The average molecular weight is 306 g/mol. The van der Waals surface area contributed by atoms with E-state index in [0.29, 0.717) is 0 Å². The van der Waals surface area contributed by atoms with Crippen molar-refractivity contribution in [3.8, 4) is 0 Å². The van der Waals surface area contributed by atoms with Gasteiger partial charge >= 0.3 is 5.97 Å². The van der Waals surface area contributed by atoms with Crippen molar-refractivity contribution in [3.63, 3.8) is 0 Å². The smallest absolute Gasteiger partial charge is 0.329 e. The Kier molecular flexibility index (Phi) is 4.48. The number of nitrogens with zero attached hydrogens (tertiary/aromatic N) is 2. The van der Waals surface area contributed by atoms with E-state index in [1.165, 1.54) is 4.70 Å². The minimum Gasteiger partial charge on any atom is -0.480 e. The largest absolute Gasteiger partial charge is 0.480 e. The van der Waals surface area contributed by atoms with Crippen LogP contribution in [0.25, 0.3) is 10.2 Å². The van der Waals surface area contributed by atoms with Crippen molar-refractivity contribution in [3.05, 3.63) is 29.3 Å². The summed E-state index contributed by atoms with van der Waals surface area (Å²) in [6.45, 7) is 2.54. The number of rotatable bonds is 5. The van der Waals surface area contributed by atoms with Gasteiger partial charge in [-0.05, 0) is 25.0 Å². The first-order chi connectivity index (χ1) is 10.2. The fourth-order valence-electron chi connectivity index (χ4n) is 2.60. The van der Waals surface area contributed by atoms with Crippen LogP contribution in [-0.2, 0) is 16.1 Å². The zero-order valence-corrected chi connectivity index (χ0v) is 12.5. The summed E-state index contributed by atoms with van der Waals surface area (Å²) in [5.74, 6) is -0.896. The summed E-state index contributed by atoms with van der Waals surface area (Å²) in [6, 6.07) is 8.19. The zero-order chi connectivity index (χ0) is 14.7. The standard InChI is InChI=1S/C15H18N2O3S/c18-15(19)10-20-11-5-7-17(8-6-11)9-14-16-12-3-1-2-4-13(12)21-14/h1-4,11H,5-10H2,(H,18,19). The average Bonchev–Trinajstić information content (AvgIpc) is 2.88. The number of carboxylic acids is 1. The van der Waals surface area contributed by atoms with E-state index in [2.05, 4.69) is 16.0 Å². The van der Waals surface area contributed by atoms with Gasteiger partial charge in [-0.1, -0.05) is 12.1 Å². The van der Waals surface area contributed by atoms with Crippen molar-refractivity contribution >= 4 is 27.5 Å². The maximum atomic E-state index is 10.5. The third-order valence-electron chi connectivity index (χ3n) is 3.67. The molecule has 6 heteroatoms. The predicted molar refractivity (Wildman–Crippen MR) is 81.5 cm³/mol. The van der Waals surface area contributed by atoms with E-state index in [1.807, 2.05) is 18.2 Å². The Labute approximate surface area is 127 Å². The number of para-hydroxylation sites is 1. The first kappa shape index (κ1) is 14.4. The lowest BCUT2D eigenvalue weighted by atomic mass is 10.1. The summed E-state index contributed by atoms with van der Waals surface area (Å²) < 4.78 is 6.58. The first-order valence-corrected chi connectivity index (χ1v) is 7.92. The quantitative estimate of drug-likeness (QED) is 0.919. The maximum Gasteiger partial charge on any atom is 0.329 e. The van der Waals surface area contributed by atoms with Crippen LogP contribution >= 0.6 is 11.3 Å². The monoisotopic (exact) mass is 306 g/mol. The lowest BCUT2D eigenvalue weighted by molar-refractivity contribution is -0.145. The highest BCUT2D eigenvalue weighted by Crippen LogP contribution is 2.24. The molecule has 0 unspecified atom stereocenters. The molecule has 1 aliphatic rings. The Balaban J connectivity index is 1.52. The second-order valence-electron chi connectivity index (χ2n) is 5.26.